The summed E-state index contributed by atoms with van der Waals surface area (Å²) in [7, 11) is 0. The number of benzene rings is 1. The van der Waals surface area contributed by atoms with Crippen molar-refractivity contribution < 1.29 is 14.6 Å². The van der Waals surface area contributed by atoms with E-state index in [0.29, 0.717) is 41.6 Å². The summed E-state index contributed by atoms with van der Waals surface area (Å²) in [5, 5.41) is 14.7. The highest BCUT2D eigenvalue weighted by molar-refractivity contribution is 6.31. The molecule has 1 saturated heterocycles. The molecule has 1 fully saturated rings. The molecule has 2 aromatic heterocycles. The number of H-pyrrole nitrogens is 1. The highest BCUT2D eigenvalue weighted by Crippen LogP contribution is 2.43. The summed E-state index contributed by atoms with van der Waals surface area (Å²) in [4.78, 5) is 22.4. The summed E-state index contributed by atoms with van der Waals surface area (Å²) >= 11 is 6.44. The maximum absolute atomic E-state index is 13.0. The number of aliphatic hydroxyl groups excluding tert-OH is 1. The minimum Gasteiger partial charge on any atom is -0.479 e. The van der Waals surface area contributed by atoms with Crippen molar-refractivity contribution in [2.24, 2.45) is 0 Å². The number of amides is 1. The first-order valence-corrected chi connectivity index (χ1v) is 10.5. The Labute approximate surface area is 179 Å². The number of carbonyl (C=O) groups is 1. The van der Waals surface area contributed by atoms with Gasteiger partial charge in [-0.25, -0.2) is 4.98 Å². The van der Waals surface area contributed by atoms with E-state index in [2.05, 4.69) is 15.3 Å². The molecule has 7 nitrogen and oxygen atoms in total. The third-order valence-electron chi connectivity index (χ3n) is 5.79. The molecule has 0 radical (unpaired) electrons. The van der Waals surface area contributed by atoms with Gasteiger partial charge in [0.2, 0.25) is 0 Å². The van der Waals surface area contributed by atoms with Gasteiger partial charge in [-0.2, -0.15) is 0 Å². The van der Waals surface area contributed by atoms with Gasteiger partial charge < -0.3 is 25.0 Å². The van der Waals surface area contributed by atoms with E-state index in [1.54, 1.807) is 13.1 Å². The van der Waals surface area contributed by atoms with Crippen LogP contribution in [0.15, 0.2) is 30.5 Å². The largest absolute Gasteiger partial charge is 0.479 e. The second-order valence-electron chi connectivity index (χ2n) is 7.85. The molecular formula is C22H23ClN4O3. The number of aromatic amines is 1. The Morgan fingerprint density at radius 3 is 2.87 bits per heavy atom. The number of pyridine rings is 1. The van der Waals surface area contributed by atoms with Crippen LogP contribution in [0.2, 0.25) is 5.02 Å². The first-order valence-electron chi connectivity index (χ1n) is 10.2. The van der Waals surface area contributed by atoms with E-state index in [4.69, 9.17) is 16.3 Å². The maximum Gasteiger partial charge on any atom is 0.264 e. The second-order valence-corrected chi connectivity index (χ2v) is 8.29. The van der Waals surface area contributed by atoms with E-state index in [0.717, 1.165) is 35.2 Å². The molecule has 3 N–H and O–H groups in total. The molecular weight excluding hydrogens is 404 g/mol. The summed E-state index contributed by atoms with van der Waals surface area (Å²) in [6.07, 6.45) is 1.05. The summed E-state index contributed by atoms with van der Waals surface area (Å²) in [6.45, 7) is 4.70. The standard InChI is InChI=1S/C22H23ClN4O3/c1-12(28)18-11-17-15(2-3-25-21(17)26-18)16-10-14(23)8-13-9-19(30-20(13)16)22(29)27-6-4-24-5-7-27/h2-3,8,10-12,19,24,28H,4-7,9H2,1H3,(H,25,26)/t12-,19+/m0/s1. The van der Waals surface area contributed by atoms with Crippen molar-refractivity contribution in [3.63, 3.8) is 0 Å². The van der Waals surface area contributed by atoms with Crippen LogP contribution in [-0.2, 0) is 11.2 Å². The molecule has 1 amide bonds. The van der Waals surface area contributed by atoms with E-state index in [1.807, 2.05) is 29.2 Å². The van der Waals surface area contributed by atoms with Gasteiger partial charge in [0.25, 0.3) is 5.91 Å². The topological polar surface area (TPSA) is 90.5 Å². The van der Waals surface area contributed by atoms with Crippen molar-refractivity contribution in [1.29, 1.82) is 0 Å². The van der Waals surface area contributed by atoms with E-state index in [-0.39, 0.29) is 5.91 Å². The lowest BCUT2D eigenvalue weighted by Gasteiger charge is -2.29. The average Bonchev–Trinajstić information content (AvgIpc) is 3.37. The third kappa shape index (κ3) is 3.33. The van der Waals surface area contributed by atoms with E-state index < -0.39 is 12.2 Å². The molecule has 0 aliphatic carbocycles. The molecule has 2 aliphatic heterocycles. The number of fused-ring (bicyclic) bond motifs is 2. The molecule has 3 aromatic rings. The second kappa shape index (κ2) is 7.58. The van der Waals surface area contributed by atoms with Crippen LogP contribution >= 0.6 is 11.6 Å². The fourth-order valence-corrected chi connectivity index (χ4v) is 4.50. The van der Waals surface area contributed by atoms with E-state index >= 15 is 0 Å². The monoisotopic (exact) mass is 426 g/mol. The Hall–Kier alpha value is -2.61. The predicted molar refractivity (Wildman–Crippen MR) is 115 cm³/mol. The van der Waals surface area contributed by atoms with Crippen LogP contribution in [0.5, 0.6) is 5.75 Å². The van der Waals surface area contributed by atoms with Crippen molar-refractivity contribution >= 4 is 28.5 Å². The number of piperazine rings is 1. The van der Waals surface area contributed by atoms with Gasteiger partial charge >= 0.3 is 0 Å². The Kier molecular flexibility index (Phi) is 4.89. The summed E-state index contributed by atoms with van der Waals surface area (Å²) in [6, 6.07) is 7.54. The van der Waals surface area contributed by atoms with E-state index in [1.165, 1.54) is 0 Å². The number of carbonyl (C=O) groups excluding carboxylic acids is 1. The number of aliphatic hydroxyl groups is 1. The predicted octanol–water partition coefficient (Wildman–Crippen LogP) is 2.67. The van der Waals surface area contributed by atoms with Crippen LogP contribution in [-0.4, -0.2) is 58.2 Å². The zero-order valence-corrected chi connectivity index (χ0v) is 17.4. The first-order chi connectivity index (χ1) is 14.5. The average molecular weight is 427 g/mol. The van der Waals surface area contributed by atoms with Gasteiger partial charge in [0.1, 0.15) is 11.4 Å². The third-order valence-corrected chi connectivity index (χ3v) is 6.01. The number of hydrogen-bond donors (Lipinski definition) is 3. The number of aromatic nitrogens is 2. The Balaban J connectivity index is 1.54. The summed E-state index contributed by atoms with van der Waals surface area (Å²) < 4.78 is 6.22. The fraction of sp³-hybridized carbons (Fsp3) is 0.364. The summed E-state index contributed by atoms with van der Waals surface area (Å²) in [5.41, 5.74) is 4.04. The quantitative estimate of drug-likeness (QED) is 0.599. The van der Waals surface area contributed by atoms with Crippen LogP contribution in [0.1, 0.15) is 24.3 Å². The van der Waals surface area contributed by atoms with Crippen LogP contribution < -0.4 is 10.1 Å². The SMILES string of the molecule is C[C@H](O)c1cc2c(-c3cc(Cl)cc4c3O[C@@H](C(=O)N3CCNCC3)C4)ccnc2[nH]1. The van der Waals surface area contributed by atoms with Crippen molar-refractivity contribution in [1.82, 2.24) is 20.2 Å². The molecule has 4 heterocycles. The lowest BCUT2D eigenvalue weighted by molar-refractivity contribution is -0.138. The Morgan fingerprint density at radius 2 is 2.10 bits per heavy atom. The minimum atomic E-state index is -0.630. The van der Waals surface area contributed by atoms with Gasteiger partial charge in [-0.1, -0.05) is 11.6 Å². The molecule has 2 aliphatic rings. The molecule has 0 unspecified atom stereocenters. The smallest absolute Gasteiger partial charge is 0.264 e. The van der Waals surface area contributed by atoms with E-state index in [9.17, 15) is 9.90 Å². The highest BCUT2D eigenvalue weighted by atomic mass is 35.5. The highest BCUT2D eigenvalue weighted by Gasteiger charge is 2.35. The number of nitrogens with zero attached hydrogens (tertiary/aromatic N) is 2. The maximum atomic E-state index is 13.0. The molecule has 2 atom stereocenters. The van der Waals surface area contributed by atoms with Crippen LogP contribution in [0.3, 0.4) is 0 Å². The number of ether oxygens (including phenoxy) is 1. The molecule has 0 spiro atoms. The number of hydrogen-bond acceptors (Lipinski definition) is 5. The van der Waals surface area contributed by atoms with Crippen LogP contribution in [0, 0.1) is 0 Å². The van der Waals surface area contributed by atoms with Crippen molar-refractivity contribution in [2.45, 2.75) is 25.6 Å². The molecule has 5 rings (SSSR count). The Bertz CT molecular complexity index is 1120. The minimum absolute atomic E-state index is 0.0210. The number of halogens is 1. The first kappa shape index (κ1) is 19.4. The lowest BCUT2D eigenvalue weighted by atomic mass is 9.99. The molecule has 30 heavy (non-hydrogen) atoms. The van der Waals surface area contributed by atoms with Gasteiger partial charge in [-0.3, -0.25) is 4.79 Å². The van der Waals surface area contributed by atoms with Gasteiger partial charge in [0, 0.05) is 66.0 Å². The Morgan fingerprint density at radius 1 is 1.30 bits per heavy atom. The van der Waals surface area contributed by atoms with Crippen molar-refractivity contribution in [2.75, 3.05) is 26.2 Å². The van der Waals surface area contributed by atoms with Crippen LogP contribution in [0.4, 0.5) is 0 Å². The molecule has 1 aromatic carbocycles. The lowest BCUT2D eigenvalue weighted by Crippen LogP contribution is -2.50. The van der Waals surface area contributed by atoms with Gasteiger partial charge in [-0.15, -0.1) is 0 Å². The molecule has 156 valence electrons. The van der Waals surface area contributed by atoms with Crippen molar-refractivity contribution in [3.05, 3.63) is 46.7 Å². The zero-order valence-electron chi connectivity index (χ0n) is 16.6. The van der Waals surface area contributed by atoms with Gasteiger partial charge in [-0.05, 0) is 36.8 Å². The van der Waals surface area contributed by atoms with Crippen LogP contribution in [0.25, 0.3) is 22.2 Å². The number of nitrogens with one attached hydrogen (secondary N) is 2. The van der Waals surface area contributed by atoms with Crippen molar-refractivity contribution in [3.8, 4) is 16.9 Å². The zero-order chi connectivity index (χ0) is 20.8. The molecule has 0 saturated carbocycles. The summed E-state index contributed by atoms with van der Waals surface area (Å²) in [5.74, 6) is 0.716. The molecule has 0 bridgehead atoms. The molecule has 8 heteroatoms. The normalized spacial score (nSPS) is 19.6. The number of rotatable bonds is 3. The fourth-order valence-electron chi connectivity index (χ4n) is 4.26. The van der Waals surface area contributed by atoms with Gasteiger partial charge in [0.15, 0.2) is 6.10 Å². The van der Waals surface area contributed by atoms with Gasteiger partial charge in [0.05, 0.1) is 6.10 Å².